The molecular weight excluding hydrogens is 258 g/mol. The van der Waals surface area contributed by atoms with Crippen LogP contribution in [-0.2, 0) is 6.54 Å². The van der Waals surface area contributed by atoms with Crippen LogP contribution >= 0.6 is 11.3 Å². The first-order chi connectivity index (χ1) is 9.08. The molecule has 1 aromatic carbocycles. The molecule has 1 unspecified atom stereocenters. The van der Waals surface area contributed by atoms with E-state index in [0.29, 0.717) is 11.4 Å². The Kier molecular flexibility index (Phi) is 4.35. The molecule has 100 valence electrons. The summed E-state index contributed by atoms with van der Waals surface area (Å²) in [5.41, 5.74) is 3.29. The van der Waals surface area contributed by atoms with E-state index >= 15 is 0 Å². The molecule has 4 heteroatoms. The van der Waals surface area contributed by atoms with Crippen LogP contribution in [0.5, 0.6) is 0 Å². The van der Waals surface area contributed by atoms with Gasteiger partial charge >= 0.3 is 5.97 Å². The molecular formula is C15H17NO2S. The number of carboxylic acid groups (broad SMARTS) is 1. The van der Waals surface area contributed by atoms with Gasteiger partial charge in [0.15, 0.2) is 0 Å². The van der Waals surface area contributed by atoms with Crippen molar-refractivity contribution in [2.24, 2.45) is 0 Å². The summed E-state index contributed by atoms with van der Waals surface area (Å²) >= 11 is 1.27. The van der Waals surface area contributed by atoms with Crippen LogP contribution < -0.4 is 5.32 Å². The number of rotatable bonds is 5. The van der Waals surface area contributed by atoms with Crippen LogP contribution in [0, 0.1) is 6.92 Å². The second-order valence-electron chi connectivity index (χ2n) is 4.59. The minimum absolute atomic E-state index is 0.196. The predicted molar refractivity (Wildman–Crippen MR) is 77.7 cm³/mol. The molecule has 2 rings (SSSR count). The molecule has 2 aromatic rings. The second kappa shape index (κ2) is 5.99. The van der Waals surface area contributed by atoms with Crippen LogP contribution in [-0.4, -0.2) is 11.1 Å². The number of carbonyl (C=O) groups is 1. The lowest BCUT2D eigenvalue weighted by Crippen LogP contribution is -2.18. The molecule has 1 atom stereocenters. The van der Waals surface area contributed by atoms with Gasteiger partial charge in [-0.25, -0.2) is 4.79 Å². The summed E-state index contributed by atoms with van der Waals surface area (Å²) < 4.78 is 0. The van der Waals surface area contributed by atoms with E-state index in [9.17, 15) is 4.79 Å². The fourth-order valence-corrected chi connectivity index (χ4v) is 2.66. The maximum absolute atomic E-state index is 11.0. The first-order valence-corrected chi connectivity index (χ1v) is 7.05. The monoisotopic (exact) mass is 275 g/mol. The van der Waals surface area contributed by atoms with E-state index in [-0.39, 0.29) is 6.04 Å². The highest BCUT2D eigenvalue weighted by Gasteiger charge is 2.12. The topological polar surface area (TPSA) is 49.3 Å². The first kappa shape index (κ1) is 13.8. The van der Waals surface area contributed by atoms with Gasteiger partial charge in [-0.15, -0.1) is 11.3 Å². The fraction of sp³-hybridized carbons (Fsp3) is 0.267. The minimum atomic E-state index is -0.852. The molecule has 0 radical (unpaired) electrons. The average molecular weight is 275 g/mol. The van der Waals surface area contributed by atoms with Crippen LogP contribution in [0.1, 0.15) is 39.3 Å². The van der Waals surface area contributed by atoms with Gasteiger partial charge in [-0.1, -0.05) is 29.8 Å². The van der Waals surface area contributed by atoms with E-state index in [1.807, 2.05) is 11.4 Å². The number of carboxylic acids is 1. The highest BCUT2D eigenvalue weighted by molar-refractivity contribution is 7.12. The molecule has 0 saturated heterocycles. The van der Waals surface area contributed by atoms with Crippen molar-refractivity contribution in [1.82, 2.24) is 5.32 Å². The molecule has 0 amide bonds. The van der Waals surface area contributed by atoms with E-state index in [0.717, 1.165) is 5.56 Å². The number of aromatic carboxylic acids is 1. The van der Waals surface area contributed by atoms with E-state index < -0.39 is 5.97 Å². The van der Waals surface area contributed by atoms with E-state index in [1.165, 1.54) is 22.5 Å². The smallest absolute Gasteiger partial charge is 0.346 e. The van der Waals surface area contributed by atoms with Gasteiger partial charge in [-0.2, -0.15) is 0 Å². The van der Waals surface area contributed by atoms with Gasteiger partial charge in [0.2, 0.25) is 0 Å². The largest absolute Gasteiger partial charge is 0.477 e. The number of aryl methyl sites for hydroxylation is 1. The van der Waals surface area contributed by atoms with Gasteiger partial charge in [-0.3, -0.25) is 0 Å². The van der Waals surface area contributed by atoms with Crippen molar-refractivity contribution < 1.29 is 9.90 Å². The molecule has 1 aromatic heterocycles. The Balaban J connectivity index is 2.00. The van der Waals surface area contributed by atoms with Gasteiger partial charge in [0.25, 0.3) is 0 Å². The van der Waals surface area contributed by atoms with Crippen LogP contribution in [0.2, 0.25) is 0 Å². The highest BCUT2D eigenvalue weighted by atomic mass is 32.1. The summed E-state index contributed by atoms with van der Waals surface area (Å²) in [6.45, 7) is 4.71. The number of benzene rings is 1. The zero-order valence-electron chi connectivity index (χ0n) is 11.0. The zero-order valence-corrected chi connectivity index (χ0v) is 11.8. The molecule has 0 aliphatic rings. The molecule has 3 nitrogen and oxygen atoms in total. The fourth-order valence-electron chi connectivity index (χ4n) is 1.90. The molecule has 0 aliphatic heterocycles. The Bertz CT molecular complexity index is 560. The molecule has 0 bridgehead atoms. The number of hydrogen-bond acceptors (Lipinski definition) is 3. The van der Waals surface area contributed by atoms with Gasteiger partial charge in [0.05, 0.1) is 0 Å². The van der Waals surface area contributed by atoms with Gasteiger partial charge in [0, 0.05) is 12.6 Å². The van der Waals surface area contributed by atoms with Crippen LogP contribution in [0.15, 0.2) is 35.7 Å². The molecule has 19 heavy (non-hydrogen) atoms. The third kappa shape index (κ3) is 3.43. The number of thiophene rings is 1. The van der Waals surface area contributed by atoms with Crippen LogP contribution in [0.4, 0.5) is 0 Å². The SMILES string of the molecule is Cc1ccc(C(C)NCc2ccsc2C(=O)O)cc1. The molecule has 0 spiro atoms. The van der Waals surface area contributed by atoms with Crippen LogP contribution in [0.3, 0.4) is 0 Å². The Hall–Kier alpha value is -1.65. The summed E-state index contributed by atoms with van der Waals surface area (Å²) in [5, 5.41) is 14.2. The second-order valence-corrected chi connectivity index (χ2v) is 5.51. The molecule has 0 saturated carbocycles. The molecule has 0 aliphatic carbocycles. The van der Waals surface area contributed by atoms with Gasteiger partial charge in [0.1, 0.15) is 4.88 Å². The van der Waals surface area contributed by atoms with Crippen molar-refractivity contribution in [2.75, 3.05) is 0 Å². The van der Waals surface area contributed by atoms with Crippen molar-refractivity contribution >= 4 is 17.3 Å². The van der Waals surface area contributed by atoms with Crippen molar-refractivity contribution in [3.8, 4) is 0 Å². The van der Waals surface area contributed by atoms with E-state index in [1.54, 1.807) is 0 Å². The average Bonchev–Trinajstić information content (AvgIpc) is 2.85. The Morgan fingerprint density at radius 3 is 2.63 bits per heavy atom. The molecule has 1 heterocycles. The van der Waals surface area contributed by atoms with Crippen LogP contribution in [0.25, 0.3) is 0 Å². The number of hydrogen-bond donors (Lipinski definition) is 2. The summed E-state index contributed by atoms with van der Waals surface area (Å²) in [7, 11) is 0. The van der Waals surface area contributed by atoms with Crippen molar-refractivity contribution in [2.45, 2.75) is 26.4 Å². The third-order valence-corrected chi connectivity index (χ3v) is 4.06. The quantitative estimate of drug-likeness (QED) is 0.876. The number of nitrogens with one attached hydrogen (secondary N) is 1. The maximum atomic E-state index is 11.0. The van der Waals surface area contributed by atoms with Gasteiger partial charge in [-0.05, 0) is 36.4 Å². The lowest BCUT2D eigenvalue weighted by Gasteiger charge is -2.14. The maximum Gasteiger partial charge on any atom is 0.346 e. The predicted octanol–water partition coefficient (Wildman–Crippen LogP) is 3.61. The first-order valence-electron chi connectivity index (χ1n) is 6.17. The highest BCUT2D eigenvalue weighted by Crippen LogP contribution is 2.19. The Labute approximate surface area is 116 Å². The molecule has 0 fully saturated rings. The van der Waals surface area contributed by atoms with Crippen molar-refractivity contribution in [1.29, 1.82) is 0 Å². The normalized spacial score (nSPS) is 12.3. The van der Waals surface area contributed by atoms with Crippen molar-refractivity contribution in [3.05, 3.63) is 57.3 Å². The van der Waals surface area contributed by atoms with Gasteiger partial charge < -0.3 is 10.4 Å². The van der Waals surface area contributed by atoms with E-state index in [2.05, 4.69) is 43.4 Å². The summed E-state index contributed by atoms with van der Waals surface area (Å²) in [5.74, 6) is -0.852. The lowest BCUT2D eigenvalue weighted by molar-refractivity contribution is 0.0701. The Morgan fingerprint density at radius 2 is 2.00 bits per heavy atom. The minimum Gasteiger partial charge on any atom is -0.477 e. The summed E-state index contributed by atoms with van der Waals surface area (Å²) in [6.07, 6.45) is 0. The standard InChI is InChI=1S/C15H17NO2S/c1-10-3-5-12(6-4-10)11(2)16-9-13-7-8-19-14(13)15(17)18/h3-8,11,16H,9H2,1-2H3,(H,17,18). The summed E-state index contributed by atoms with van der Waals surface area (Å²) in [6, 6.07) is 10.4. The molecule has 2 N–H and O–H groups in total. The lowest BCUT2D eigenvalue weighted by atomic mass is 10.1. The Morgan fingerprint density at radius 1 is 1.32 bits per heavy atom. The summed E-state index contributed by atoms with van der Waals surface area (Å²) in [4.78, 5) is 11.4. The third-order valence-electron chi connectivity index (χ3n) is 3.12. The van der Waals surface area contributed by atoms with Crippen molar-refractivity contribution in [3.63, 3.8) is 0 Å². The zero-order chi connectivity index (χ0) is 13.8. The van der Waals surface area contributed by atoms with E-state index in [4.69, 9.17) is 5.11 Å².